The predicted octanol–water partition coefficient (Wildman–Crippen LogP) is 5.09. The van der Waals surface area contributed by atoms with Crippen molar-refractivity contribution in [1.82, 2.24) is 19.7 Å². The molecule has 3 heterocycles. The Balaban J connectivity index is 1.31. The predicted molar refractivity (Wildman–Crippen MR) is 124 cm³/mol. The van der Waals surface area contributed by atoms with Crippen LogP contribution < -0.4 is 10.6 Å². The fourth-order valence-corrected chi connectivity index (χ4v) is 4.22. The van der Waals surface area contributed by atoms with Gasteiger partial charge in [-0.25, -0.2) is 9.97 Å². The van der Waals surface area contributed by atoms with E-state index in [0.717, 1.165) is 16.3 Å². The molecular weight excluding hydrogens is 408 g/mol. The third-order valence-corrected chi connectivity index (χ3v) is 5.84. The highest BCUT2D eigenvalue weighted by atomic mass is 32.1. The molecule has 2 N–H and O–H groups in total. The first kappa shape index (κ1) is 19.0. The van der Waals surface area contributed by atoms with Gasteiger partial charge < -0.3 is 10.6 Å². The van der Waals surface area contributed by atoms with Gasteiger partial charge in [-0.15, -0.1) is 11.3 Å². The highest BCUT2D eigenvalue weighted by Crippen LogP contribution is 2.32. The topological polar surface area (TPSA) is 84.7 Å². The van der Waals surface area contributed by atoms with E-state index in [-0.39, 0.29) is 5.91 Å². The second-order valence-corrected chi connectivity index (χ2v) is 8.06. The Hall–Kier alpha value is -4.04. The molecule has 0 radical (unpaired) electrons. The molecule has 0 aliphatic heterocycles. The lowest BCUT2D eigenvalue weighted by Crippen LogP contribution is -2.11. The van der Waals surface area contributed by atoms with E-state index in [0.29, 0.717) is 17.2 Å². The molecule has 5 aromatic rings. The van der Waals surface area contributed by atoms with Crippen LogP contribution in [0.5, 0.6) is 0 Å². The van der Waals surface area contributed by atoms with Crippen LogP contribution in [0.2, 0.25) is 0 Å². The summed E-state index contributed by atoms with van der Waals surface area (Å²) in [6.45, 7) is 0. The molecule has 0 spiro atoms. The molecule has 0 saturated heterocycles. The smallest absolute Gasteiger partial charge is 0.255 e. The van der Waals surface area contributed by atoms with Crippen molar-refractivity contribution in [3.05, 3.63) is 84.8 Å². The Bertz CT molecular complexity index is 1340. The molecule has 0 unspecified atom stereocenters. The number of aromatic nitrogens is 4. The quantitative estimate of drug-likeness (QED) is 0.409. The van der Waals surface area contributed by atoms with Gasteiger partial charge in [-0.1, -0.05) is 18.2 Å². The van der Waals surface area contributed by atoms with Gasteiger partial charge in [-0.3, -0.25) is 9.48 Å². The number of nitrogens with zero attached hydrogens (tertiary/aromatic N) is 4. The lowest BCUT2D eigenvalue weighted by Gasteiger charge is -2.07. The minimum absolute atomic E-state index is 0.192. The Morgan fingerprint density at radius 1 is 1.03 bits per heavy atom. The van der Waals surface area contributed by atoms with Crippen LogP contribution in [0.1, 0.15) is 10.4 Å². The zero-order valence-electron chi connectivity index (χ0n) is 16.6. The summed E-state index contributed by atoms with van der Waals surface area (Å²) < 4.78 is 2.86. The standard InChI is InChI=1S/C23H18N6OS/c1-29-14-18(13-25-29)26-22(30)15-6-8-17(9-7-15)27-23-24-11-10-19(28-23)21-12-16-4-2-3-5-20(16)31-21/h2-14H,1H3,(H,26,30)(H,24,27,28). The van der Waals surface area contributed by atoms with Gasteiger partial charge in [0.25, 0.3) is 5.91 Å². The molecule has 152 valence electrons. The number of thiophene rings is 1. The van der Waals surface area contributed by atoms with Gasteiger partial charge in [0.1, 0.15) is 0 Å². The number of benzene rings is 2. The minimum atomic E-state index is -0.192. The normalized spacial score (nSPS) is 10.9. The van der Waals surface area contributed by atoms with E-state index in [9.17, 15) is 4.79 Å². The first-order chi connectivity index (χ1) is 15.1. The van der Waals surface area contributed by atoms with Gasteiger partial charge in [-0.05, 0) is 47.9 Å². The summed E-state index contributed by atoms with van der Waals surface area (Å²) in [5.74, 6) is 0.310. The average Bonchev–Trinajstić information content (AvgIpc) is 3.40. The Kier molecular flexibility index (Phi) is 4.89. The van der Waals surface area contributed by atoms with Crippen molar-refractivity contribution in [3.63, 3.8) is 0 Å². The molecule has 0 saturated carbocycles. The van der Waals surface area contributed by atoms with E-state index >= 15 is 0 Å². The van der Waals surface area contributed by atoms with Gasteiger partial charge in [0, 0.05) is 35.4 Å². The number of hydrogen-bond acceptors (Lipinski definition) is 6. The van der Waals surface area contributed by atoms with Gasteiger partial charge >= 0.3 is 0 Å². The molecule has 0 aliphatic carbocycles. The summed E-state index contributed by atoms with van der Waals surface area (Å²) in [6.07, 6.45) is 5.09. The number of hydrogen-bond donors (Lipinski definition) is 2. The monoisotopic (exact) mass is 426 g/mol. The molecule has 8 heteroatoms. The van der Waals surface area contributed by atoms with Crippen LogP contribution in [0.4, 0.5) is 17.3 Å². The van der Waals surface area contributed by atoms with Gasteiger partial charge in [0.15, 0.2) is 0 Å². The molecule has 0 fully saturated rings. The van der Waals surface area contributed by atoms with E-state index in [4.69, 9.17) is 0 Å². The van der Waals surface area contributed by atoms with Crippen molar-refractivity contribution in [2.45, 2.75) is 0 Å². The third-order valence-electron chi connectivity index (χ3n) is 4.70. The van der Waals surface area contributed by atoms with Gasteiger partial charge in [-0.2, -0.15) is 5.10 Å². The number of rotatable bonds is 5. The average molecular weight is 427 g/mol. The van der Waals surface area contributed by atoms with Crippen LogP contribution in [-0.2, 0) is 7.05 Å². The molecule has 2 aromatic carbocycles. The van der Waals surface area contributed by atoms with E-state index < -0.39 is 0 Å². The zero-order chi connectivity index (χ0) is 21.2. The first-order valence-corrected chi connectivity index (χ1v) is 10.4. The van der Waals surface area contributed by atoms with E-state index in [1.165, 1.54) is 10.1 Å². The number of fused-ring (bicyclic) bond motifs is 1. The van der Waals surface area contributed by atoms with Crippen LogP contribution in [0.25, 0.3) is 20.7 Å². The summed E-state index contributed by atoms with van der Waals surface area (Å²) in [6, 6.07) is 19.5. The van der Waals surface area contributed by atoms with Gasteiger partial charge in [0.05, 0.1) is 22.5 Å². The van der Waals surface area contributed by atoms with Crippen molar-refractivity contribution in [1.29, 1.82) is 0 Å². The summed E-state index contributed by atoms with van der Waals surface area (Å²) in [7, 11) is 1.80. The Morgan fingerprint density at radius 2 is 1.87 bits per heavy atom. The van der Waals surface area contributed by atoms with Crippen molar-refractivity contribution in [3.8, 4) is 10.6 Å². The highest BCUT2D eigenvalue weighted by Gasteiger charge is 2.09. The van der Waals surface area contributed by atoms with Gasteiger partial charge in [0.2, 0.25) is 5.95 Å². The summed E-state index contributed by atoms with van der Waals surface area (Å²) in [4.78, 5) is 22.4. The maximum Gasteiger partial charge on any atom is 0.255 e. The molecule has 0 bridgehead atoms. The fraction of sp³-hybridized carbons (Fsp3) is 0.0435. The van der Waals surface area contributed by atoms with Crippen molar-refractivity contribution in [2.75, 3.05) is 10.6 Å². The number of carbonyl (C=O) groups is 1. The number of carbonyl (C=O) groups excluding carboxylic acids is 1. The van der Waals surface area contributed by atoms with Crippen molar-refractivity contribution >= 4 is 44.7 Å². The fourth-order valence-electron chi connectivity index (χ4n) is 3.19. The second-order valence-electron chi connectivity index (χ2n) is 6.97. The lowest BCUT2D eigenvalue weighted by molar-refractivity contribution is 0.102. The highest BCUT2D eigenvalue weighted by molar-refractivity contribution is 7.22. The molecule has 0 atom stereocenters. The summed E-state index contributed by atoms with van der Waals surface area (Å²) in [5, 5.41) is 11.3. The van der Waals surface area contributed by atoms with Crippen LogP contribution in [0.15, 0.2) is 79.3 Å². The Morgan fingerprint density at radius 3 is 2.65 bits per heavy atom. The van der Waals surface area contributed by atoms with Crippen LogP contribution in [0.3, 0.4) is 0 Å². The van der Waals surface area contributed by atoms with E-state index in [2.05, 4.69) is 43.9 Å². The second kappa shape index (κ2) is 8.00. The number of aryl methyl sites for hydroxylation is 1. The number of anilines is 3. The maximum absolute atomic E-state index is 12.4. The molecular formula is C23H18N6OS. The molecule has 3 aromatic heterocycles. The number of nitrogens with one attached hydrogen (secondary N) is 2. The SMILES string of the molecule is Cn1cc(NC(=O)c2ccc(Nc3nccc(-c4cc5ccccc5s4)n3)cc2)cn1. The molecule has 5 rings (SSSR count). The van der Waals surface area contributed by atoms with Crippen LogP contribution >= 0.6 is 11.3 Å². The Labute approximate surface area is 182 Å². The summed E-state index contributed by atoms with van der Waals surface area (Å²) >= 11 is 1.70. The minimum Gasteiger partial charge on any atom is -0.324 e. The largest absolute Gasteiger partial charge is 0.324 e. The molecule has 31 heavy (non-hydrogen) atoms. The van der Waals surface area contributed by atoms with Crippen LogP contribution in [-0.4, -0.2) is 25.7 Å². The molecule has 0 aliphatic rings. The molecule has 1 amide bonds. The van der Waals surface area contributed by atoms with E-state index in [1.807, 2.05) is 30.3 Å². The first-order valence-electron chi connectivity index (χ1n) is 9.63. The molecule has 7 nitrogen and oxygen atoms in total. The van der Waals surface area contributed by atoms with Crippen molar-refractivity contribution < 1.29 is 4.79 Å². The zero-order valence-corrected chi connectivity index (χ0v) is 17.4. The lowest BCUT2D eigenvalue weighted by atomic mass is 10.2. The third kappa shape index (κ3) is 4.15. The summed E-state index contributed by atoms with van der Waals surface area (Å²) in [5.41, 5.74) is 2.87. The van der Waals surface area contributed by atoms with Crippen LogP contribution in [0, 0.1) is 0 Å². The number of amides is 1. The van der Waals surface area contributed by atoms with E-state index in [1.54, 1.807) is 53.8 Å². The maximum atomic E-state index is 12.4. The van der Waals surface area contributed by atoms with Crippen molar-refractivity contribution in [2.24, 2.45) is 7.05 Å².